The minimum absolute atomic E-state index is 0.204. The van der Waals surface area contributed by atoms with Gasteiger partial charge in [-0.25, -0.2) is 8.42 Å². The van der Waals surface area contributed by atoms with Crippen molar-refractivity contribution in [2.75, 3.05) is 26.2 Å². The average Bonchev–Trinajstić information content (AvgIpc) is 3.23. The van der Waals surface area contributed by atoms with Gasteiger partial charge in [-0.05, 0) is 36.4 Å². The topological polar surface area (TPSA) is 103 Å². The van der Waals surface area contributed by atoms with Crippen LogP contribution >= 0.6 is 0 Å². The lowest BCUT2D eigenvalue weighted by Crippen LogP contribution is -2.48. The summed E-state index contributed by atoms with van der Waals surface area (Å²) in [6.07, 6.45) is 0. The van der Waals surface area contributed by atoms with Crippen molar-refractivity contribution in [3.8, 4) is 17.5 Å². The number of rotatable bonds is 5. The Hall–Kier alpha value is -3.06. The van der Waals surface area contributed by atoms with Gasteiger partial charge in [0.2, 0.25) is 10.0 Å². The molecule has 0 amide bonds. The summed E-state index contributed by atoms with van der Waals surface area (Å²) in [6, 6.07) is 17.5. The molecule has 29 heavy (non-hydrogen) atoms. The Morgan fingerprint density at radius 3 is 2.34 bits per heavy atom. The molecule has 8 nitrogen and oxygen atoms in total. The SMILES string of the molecule is N#Cc1ccc(S(=O)(=O)N2CCN(Cc3noc(-c4ccccc4)n3)CC2)cc1. The zero-order valence-electron chi connectivity index (χ0n) is 15.6. The summed E-state index contributed by atoms with van der Waals surface area (Å²) in [5.74, 6) is 1.05. The van der Waals surface area contributed by atoms with Gasteiger partial charge in [-0.3, -0.25) is 4.90 Å². The molecule has 1 aliphatic heterocycles. The third-order valence-electron chi connectivity index (χ3n) is 4.81. The van der Waals surface area contributed by atoms with E-state index in [1.807, 2.05) is 36.4 Å². The lowest BCUT2D eigenvalue weighted by molar-refractivity contribution is 0.176. The molecule has 9 heteroatoms. The van der Waals surface area contributed by atoms with Crippen LogP contribution in [0.1, 0.15) is 11.4 Å². The Morgan fingerprint density at radius 1 is 1.00 bits per heavy atom. The van der Waals surface area contributed by atoms with Crippen LogP contribution in [0.5, 0.6) is 0 Å². The van der Waals surface area contributed by atoms with E-state index in [0.717, 1.165) is 5.56 Å². The lowest BCUT2D eigenvalue weighted by atomic mass is 10.2. The van der Waals surface area contributed by atoms with E-state index in [4.69, 9.17) is 9.78 Å². The monoisotopic (exact) mass is 409 g/mol. The predicted octanol–water partition coefficient (Wildman–Crippen LogP) is 2.11. The minimum atomic E-state index is -3.57. The van der Waals surface area contributed by atoms with Gasteiger partial charge in [0.25, 0.3) is 5.89 Å². The first-order chi connectivity index (χ1) is 14.1. The largest absolute Gasteiger partial charge is 0.334 e. The van der Waals surface area contributed by atoms with E-state index in [0.29, 0.717) is 50.0 Å². The van der Waals surface area contributed by atoms with E-state index < -0.39 is 10.0 Å². The molecule has 3 aromatic rings. The molecule has 148 valence electrons. The van der Waals surface area contributed by atoms with Gasteiger partial charge in [0.1, 0.15) is 0 Å². The third-order valence-corrected chi connectivity index (χ3v) is 6.72. The van der Waals surface area contributed by atoms with Crippen molar-refractivity contribution in [2.24, 2.45) is 0 Å². The van der Waals surface area contributed by atoms with E-state index in [-0.39, 0.29) is 4.90 Å². The summed E-state index contributed by atoms with van der Waals surface area (Å²) in [5, 5.41) is 12.9. The summed E-state index contributed by atoms with van der Waals surface area (Å²) in [6.45, 7) is 2.41. The molecule has 1 aliphatic rings. The molecular weight excluding hydrogens is 390 g/mol. The molecule has 0 N–H and O–H groups in total. The van der Waals surface area contributed by atoms with Gasteiger partial charge in [-0.15, -0.1) is 0 Å². The quantitative estimate of drug-likeness (QED) is 0.636. The van der Waals surface area contributed by atoms with Gasteiger partial charge in [0, 0.05) is 31.7 Å². The first-order valence-electron chi connectivity index (χ1n) is 9.17. The zero-order valence-corrected chi connectivity index (χ0v) is 16.4. The van der Waals surface area contributed by atoms with Crippen LogP contribution in [0.15, 0.2) is 64.0 Å². The summed E-state index contributed by atoms with van der Waals surface area (Å²) >= 11 is 0. The second kappa shape index (κ2) is 8.13. The molecule has 2 aromatic carbocycles. The summed E-state index contributed by atoms with van der Waals surface area (Å²) in [7, 11) is -3.57. The Balaban J connectivity index is 1.37. The standard InChI is InChI=1S/C20H19N5O3S/c21-14-16-6-8-18(9-7-16)29(26,27)25-12-10-24(11-13-25)15-19-22-20(28-23-19)17-4-2-1-3-5-17/h1-9H,10-13,15H2. The summed E-state index contributed by atoms with van der Waals surface area (Å²) < 4.78 is 32.4. The smallest absolute Gasteiger partial charge is 0.257 e. The molecule has 0 aliphatic carbocycles. The van der Waals surface area contributed by atoms with E-state index >= 15 is 0 Å². The Bertz CT molecular complexity index is 1110. The first-order valence-corrected chi connectivity index (χ1v) is 10.6. The number of sulfonamides is 1. The molecule has 0 atom stereocenters. The Kier molecular flexibility index (Phi) is 5.40. The van der Waals surface area contributed by atoms with Gasteiger partial charge < -0.3 is 4.52 Å². The number of piperazine rings is 1. The zero-order chi connectivity index (χ0) is 20.3. The Labute approximate surface area is 169 Å². The average molecular weight is 409 g/mol. The molecule has 0 spiro atoms. The fraction of sp³-hybridized carbons (Fsp3) is 0.250. The molecule has 1 saturated heterocycles. The van der Waals surface area contributed by atoms with Gasteiger partial charge in [-0.1, -0.05) is 23.4 Å². The van der Waals surface area contributed by atoms with Crippen LogP contribution in [-0.4, -0.2) is 53.9 Å². The minimum Gasteiger partial charge on any atom is -0.334 e. The normalized spacial score (nSPS) is 15.8. The van der Waals surface area contributed by atoms with Crippen molar-refractivity contribution in [3.05, 3.63) is 66.0 Å². The van der Waals surface area contributed by atoms with Crippen LogP contribution in [-0.2, 0) is 16.6 Å². The van der Waals surface area contributed by atoms with Crippen molar-refractivity contribution in [1.29, 1.82) is 5.26 Å². The first kappa shape index (κ1) is 19.3. The maximum Gasteiger partial charge on any atom is 0.257 e. The van der Waals surface area contributed by atoms with Crippen molar-refractivity contribution in [3.63, 3.8) is 0 Å². The molecule has 2 heterocycles. The van der Waals surface area contributed by atoms with E-state index in [2.05, 4.69) is 15.0 Å². The second-order valence-corrected chi connectivity index (χ2v) is 8.64. The lowest BCUT2D eigenvalue weighted by Gasteiger charge is -2.33. The molecule has 0 saturated carbocycles. The highest BCUT2D eigenvalue weighted by Crippen LogP contribution is 2.20. The van der Waals surface area contributed by atoms with E-state index in [1.54, 1.807) is 0 Å². The highest BCUT2D eigenvalue weighted by Gasteiger charge is 2.29. The number of aromatic nitrogens is 2. The number of nitrogens with zero attached hydrogens (tertiary/aromatic N) is 5. The van der Waals surface area contributed by atoms with Crippen LogP contribution in [0, 0.1) is 11.3 Å². The van der Waals surface area contributed by atoms with Gasteiger partial charge in [0.05, 0.1) is 23.1 Å². The fourth-order valence-corrected chi connectivity index (χ4v) is 4.62. The number of nitriles is 1. The Morgan fingerprint density at radius 2 is 1.69 bits per heavy atom. The van der Waals surface area contributed by atoms with Crippen LogP contribution in [0.4, 0.5) is 0 Å². The number of benzene rings is 2. The maximum absolute atomic E-state index is 12.8. The van der Waals surface area contributed by atoms with E-state index in [9.17, 15) is 8.42 Å². The molecule has 0 unspecified atom stereocenters. The molecule has 0 radical (unpaired) electrons. The molecular formula is C20H19N5O3S. The fourth-order valence-electron chi connectivity index (χ4n) is 3.19. The molecule has 4 rings (SSSR count). The van der Waals surface area contributed by atoms with Crippen molar-refractivity contribution >= 4 is 10.0 Å². The van der Waals surface area contributed by atoms with Crippen LogP contribution in [0.2, 0.25) is 0 Å². The number of hydrogen-bond donors (Lipinski definition) is 0. The predicted molar refractivity (Wildman–Crippen MR) is 105 cm³/mol. The van der Waals surface area contributed by atoms with Gasteiger partial charge >= 0.3 is 0 Å². The molecule has 1 fully saturated rings. The van der Waals surface area contributed by atoms with E-state index in [1.165, 1.54) is 28.6 Å². The summed E-state index contributed by atoms with van der Waals surface area (Å²) in [4.78, 5) is 6.73. The van der Waals surface area contributed by atoms with Gasteiger partial charge in [0.15, 0.2) is 5.82 Å². The van der Waals surface area contributed by atoms with Crippen molar-refractivity contribution in [1.82, 2.24) is 19.3 Å². The molecule has 1 aromatic heterocycles. The highest BCUT2D eigenvalue weighted by atomic mass is 32.2. The number of hydrogen-bond acceptors (Lipinski definition) is 7. The van der Waals surface area contributed by atoms with Crippen molar-refractivity contribution in [2.45, 2.75) is 11.4 Å². The van der Waals surface area contributed by atoms with Gasteiger partial charge in [-0.2, -0.15) is 14.6 Å². The summed E-state index contributed by atoms with van der Waals surface area (Å²) in [5.41, 5.74) is 1.30. The van der Waals surface area contributed by atoms with Crippen LogP contribution < -0.4 is 0 Å². The second-order valence-electron chi connectivity index (χ2n) is 6.70. The highest BCUT2D eigenvalue weighted by molar-refractivity contribution is 7.89. The third kappa shape index (κ3) is 4.19. The maximum atomic E-state index is 12.8. The van der Waals surface area contributed by atoms with Crippen LogP contribution in [0.3, 0.4) is 0 Å². The van der Waals surface area contributed by atoms with Crippen molar-refractivity contribution < 1.29 is 12.9 Å². The molecule has 0 bridgehead atoms. The van der Waals surface area contributed by atoms with Crippen LogP contribution in [0.25, 0.3) is 11.5 Å².